The molecule has 0 spiro atoms. The van der Waals surface area contributed by atoms with Crippen LogP contribution in [0.4, 0.5) is 0 Å². The molecular formula is C16H23ClN2O. The first kappa shape index (κ1) is 15.3. The number of hydrogen-bond acceptors (Lipinski definition) is 2. The third-order valence-electron chi connectivity index (χ3n) is 3.81. The second-order valence-electron chi connectivity index (χ2n) is 5.41. The molecule has 110 valence electrons. The second kappa shape index (κ2) is 8.28. The summed E-state index contributed by atoms with van der Waals surface area (Å²) in [5.74, 6) is -0.0377. The Morgan fingerprint density at radius 1 is 1.05 bits per heavy atom. The molecule has 0 aliphatic heterocycles. The lowest BCUT2D eigenvalue weighted by molar-refractivity contribution is 0.0953. The molecule has 1 aliphatic carbocycles. The molecule has 4 heteroatoms. The standard InChI is InChI=1S/C16H23ClN2O/c17-14-9-7-13(8-10-14)16(20)19-12-11-18-15-5-3-1-2-4-6-15/h7-10,15,18H,1-6,11-12H2,(H,19,20). The average molecular weight is 295 g/mol. The van der Waals surface area contributed by atoms with Gasteiger partial charge in [0.05, 0.1) is 0 Å². The maximum Gasteiger partial charge on any atom is 0.251 e. The Morgan fingerprint density at radius 2 is 1.70 bits per heavy atom. The fraction of sp³-hybridized carbons (Fsp3) is 0.562. The second-order valence-corrected chi connectivity index (χ2v) is 5.84. The van der Waals surface area contributed by atoms with Crippen molar-refractivity contribution in [2.24, 2.45) is 0 Å². The van der Waals surface area contributed by atoms with Gasteiger partial charge >= 0.3 is 0 Å². The van der Waals surface area contributed by atoms with Crippen molar-refractivity contribution >= 4 is 17.5 Å². The van der Waals surface area contributed by atoms with Crippen LogP contribution in [0, 0.1) is 0 Å². The highest BCUT2D eigenvalue weighted by atomic mass is 35.5. The zero-order valence-electron chi connectivity index (χ0n) is 11.8. The lowest BCUT2D eigenvalue weighted by Gasteiger charge is -2.16. The van der Waals surface area contributed by atoms with Crippen LogP contribution in [-0.4, -0.2) is 25.0 Å². The molecule has 1 aromatic carbocycles. The molecule has 0 radical (unpaired) electrons. The number of halogens is 1. The number of carbonyl (C=O) groups is 1. The van der Waals surface area contributed by atoms with Crippen molar-refractivity contribution in [2.45, 2.75) is 44.6 Å². The summed E-state index contributed by atoms with van der Waals surface area (Å²) in [4.78, 5) is 11.9. The molecule has 0 bridgehead atoms. The molecule has 3 nitrogen and oxygen atoms in total. The van der Waals surface area contributed by atoms with Crippen molar-refractivity contribution in [3.8, 4) is 0 Å². The fourth-order valence-corrected chi connectivity index (χ4v) is 2.77. The van der Waals surface area contributed by atoms with Crippen LogP contribution in [0.1, 0.15) is 48.9 Å². The average Bonchev–Trinajstić information content (AvgIpc) is 2.73. The van der Waals surface area contributed by atoms with Gasteiger partial charge in [0.25, 0.3) is 5.91 Å². The van der Waals surface area contributed by atoms with Gasteiger partial charge in [0, 0.05) is 29.7 Å². The van der Waals surface area contributed by atoms with E-state index in [1.165, 1.54) is 38.5 Å². The summed E-state index contributed by atoms with van der Waals surface area (Å²) in [7, 11) is 0. The van der Waals surface area contributed by atoms with Gasteiger partial charge < -0.3 is 10.6 Å². The minimum atomic E-state index is -0.0377. The molecule has 0 atom stereocenters. The monoisotopic (exact) mass is 294 g/mol. The maximum absolute atomic E-state index is 11.9. The summed E-state index contributed by atoms with van der Waals surface area (Å²) < 4.78 is 0. The molecule has 0 heterocycles. The van der Waals surface area contributed by atoms with Gasteiger partial charge in [0.1, 0.15) is 0 Å². The van der Waals surface area contributed by atoms with Crippen molar-refractivity contribution in [1.82, 2.24) is 10.6 Å². The molecule has 1 amide bonds. The molecule has 2 N–H and O–H groups in total. The van der Waals surface area contributed by atoms with Crippen LogP contribution in [0.3, 0.4) is 0 Å². The molecule has 1 aromatic rings. The summed E-state index contributed by atoms with van der Waals surface area (Å²) in [6.45, 7) is 1.50. The molecule has 2 rings (SSSR count). The topological polar surface area (TPSA) is 41.1 Å². The van der Waals surface area contributed by atoms with E-state index in [4.69, 9.17) is 11.6 Å². The number of rotatable bonds is 5. The van der Waals surface area contributed by atoms with E-state index < -0.39 is 0 Å². The predicted molar refractivity (Wildman–Crippen MR) is 83.3 cm³/mol. The molecule has 1 aliphatic rings. The number of amides is 1. The molecule has 0 unspecified atom stereocenters. The normalized spacial score (nSPS) is 16.6. The lowest BCUT2D eigenvalue weighted by atomic mass is 10.1. The maximum atomic E-state index is 11.9. The fourth-order valence-electron chi connectivity index (χ4n) is 2.64. The number of benzene rings is 1. The summed E-state index contributed by atoms with van der Waals surface area (Å²) >= 11 is 5.80. The SMILES string of the molecule is O=C(NCCNC1CCCCCC1)c1ccc(Cl)cc1. The first-order valence-corrected chi connectivity index (χ1v) is 7.90. The highest BCUT2D eigenvalue weighted by molar-refractivity contribution is 6.30. The molecular weight excluding hydrogens is 272 g/mol. The van der Waals surface area contributed by atoms with Crippen molar-refractivity contribution in [3.63, 3.8) is 0 Å². The Labute approximate surface area is 126 Å². The van der Waals surface area contributed by atoms with Crippen LogP contribution in [-0.2, 0) is 0 Å². The van der Waals surface area contributed by atoms with Crippen molar-refractivity contribution < 1.29 is 4.79 Å². The van der Waals surface area contributed by atoms with Crippen LogP contribution in [0.2, 0.25) is 5.02 Å². The van der Waals surface area contributed by atoms with Crippen molar-refractivity contribution in [1.29, 1.82) is 0 Å². The van der Waals surface area contributed by atoms with E-state index in [0.717, 1.165) is 6.54 Å². The first-order chi connectivity index (χ1) is 9.75. The number of nitrogens with one attached hydrogen (secondary N) is 2. The Balaban J connectivity index is 1.65. The first-order valence-electron chi connectivity index (χ1n) is 7.53. The molecule has 1 fully saturated rings. The van der Waals surface area contributed by atoms with Crippen LogP contribution in [0.25, 0.3) is 0 Å². The van der Waals surface area contributed by atoms with Gasteiger partial charge in [-0.1, -0.05) is 37.3 Å². The number of hydrogen-bond donors (Lipinski definition) is 2. The molecule has 1 saturated carbocycles. The van der Waals surface area contributed by atoms with Crippen molar-refractivity contribution in [3.05, 3.63) is 34.9 Å². The van der Waals surface area contributed by atoms with Gasteiger partial charge in [0.2, 0.25) is 0 Å². The van der Waals surface area contributed by atoms with Crippen LogP contribution in [0.5, 0.6) is 0 Å². The van der Waals surface area contributed by atoms with E-state index >= 15 is 0 Å². The Morgan fingerprint density at radius 3 is 2.35 bits per heavy atom. The van der Waals surface area contributed by atoms with Gasteiger partial charge in [-0.3, -0.25) is 4.79 Å². The van der Waals surface area contributed by atoms with E-state index in [0.29, 0.717) is 23.2 Å². The van der Waals surface area contributed by atoms with E-state index in [2.05, 4.69) is 10.6 Å². The number of carbonyl (C=O) groups excluding carboxylic acids is 1. The molecule has 20 heavy (non-hydrogen) atoms. The van der Waals surface area contributed by atoms with Gasteiger partial charge in [0.15, 0.2) is 0 Å². The van der Waals surface area contributed by atoms with Crippen LogP contribution in [0.15, 0.2) is 24.3 Å². The zero-order chi connectivity index (χ0) is 14.2. The van der Waals surface area contributed by atoms with Crippen LogP contribution < -0.4 is 10.6 Å². The van der Waals surface area contributed by atoms with E-state index in [-0.39, 0.29) is 5.91 Å². The lowest BCUT2D eigenvalue weighted by Crippen LogP contribution is -2.36. The Kier molecular flexibility index (Phi) is 6.34. The minimum absolute atomic E-state index is 0.0377. The van der Waals surface area contributed by atoms with Gasteiger partial charge in [-0.15, -0.1) is 0 Å². The highest BCUT2D eigenvalue weighted by Gasteiger charge is 2.11. The zero-order valence-corrected chi connectivity index (χ0v) is 12.6. The van der Waals surface area contributed by atoms with Crippen molar-refractivity contribution in [2.75, 3.05) is 13.1 Å². The largest absolute Gasteiger partial charge is 0.351 e. The molecule has 0 saturated heterocycles. The summed E-state index contributed by atoms with van der Waals surface area (Å²) in [6, 6.07) is 7.60. The predicted octanol–water partition coefficient (Wildman–Crippen LogP) is 3.38. The van der Waals surface area contributed by atoms with Gasteiger partial charge in [-0.2, -0.15) is 0 Å². The molecule has 0 aromatic heterocycles. The Bertz CT molecular complexity index is 411. The van der Waals surface area contributed by atoms with E-state index in [9.17, 15) is 4.79 Å². The highest BCUT2D eigenvalue weighted by Crippen LogP contribution is 2.16. The summed E-state index contributed by atoms with van der Waals surface area (Å²) in [6.07, 6.45) is 7.93. The quantitative estimate of drug-likeness (QED) is 0.646. The van der Waals surface area contributed by atoms with Gasteiger partial charge in [-0.25, -0.2) is 0 Å². The summed E-state index contributed by atoms with van der Waals surface area (Å²) in [5.41, 5.74) is 0.656. The van der Waals surface area contributed by atoms with Gasteiger partial charge in [-0.05, 0) is 37.1 Å². The third-order valence-corrected chi connectivity index (χ3v) is 4.06. The van der Waals surface area contributed by atoms with Crippen LogP contribution >= 0.6 is 11.6 Å². The van der Waals surface area contributed by atoms with E-state index in [1.807, 2.05) is 0 Å². The smallest absolute Gasteiger partial charge is 0.251 e. The Hall–Kier alpha value is -1.06. The summed E-state index contributed by atoms with van der Waals surface area (Å²) in [5, 5.41) is 7.12. The van der Waals surface area contributed by atoms with E-state index in [1.54, 1.807) is 24.3 Å². The minimum Gasteiger partial charge on any atom is -0.351 e. The third kappa shape index (κ3) is 5.14.